The van der Waals surface area contributed by atoms with Crippen LogP contribution in [0.1, 0.15) is 0 Å². The molecule has 5 heteroatoms. The highest BCUT2D eigenvalue weighted by atomic mass is 127. The van der Waals surface area contributed by atoms with Gasteiger partial charge >= 0.3 is 0 Å². The zero-order valence-electron chi connectivity index (χ0n) is 7.52. The highest BCUT2D eigenvalue weighted by Gasteiger charge is 2.00. The van der Waals surface area contributed by atoms with Gasteiger partial charge in [-0.3, -0.25) is 0 Å². The fourth-order valence-electron chi connectivity index (χ4n) is 1.02. The molecule has 2 aromatic rings. The molecule has 1 aromatic carbocycles. The first-order valence-electron chi connectivity index (χ1n) is 4.15. The molecule has 76 valence electrons. The second-order valence-corrected chi connectivity index (χ2v) is 3.98. The third-order valence-electron chi connectivity index (χ3n) is 1.63. The molecule has 0 bridgehead atoms. The van der Waals surface area contributed by atoms with Gasteiger partial charge in [-0.2, -0.15) is 4.39 Å². The molecule has 3 nitrogen and oxygen atoms in total. The number of ether oxygens (including phenoxy) is 1. The van der Waals surface area contributed by atoms with Gasteiger partial charge in [-0.1, -0.05) is 6.07 Å². The summed E-state index contributed by atoms with van der Waals surface area (Å²) in [4.78, 5) is 7.13. The van der Waals surface area contributed by atoms with Crippen molar-refractivity contribution < 1.29 is 9.13 Å². The Kier molecular flexibility index (Phi) is 3.10. The predicted octanol–water partition coefficient (Wildman–Crippen LogP) is 3.01. The van der Waals surface area contributed by atoms with E-state index >= 15 is 0 Å². The Bertz CT molecular complexity index is 435. The average Bonchev–Trinajstić information content (AvgIpc) is 2.17. The van der Waals surface area contributed by atoms with Crippen LogP contribution in [-0.4, -0.2) is 9.97 Å². The van der Waals surface area contributed by atoms with Gasteiger partial charge in [0.1, 0.15) is 12.1 Å². The summed E-state index contributed by atoms with van der Waals surface area (Å²) >= 11 is 2.17. The van der Waals surface area contributed by atoms with Gasteiger partial charge in [0, 0.05) is 3.57 Å². The molecule has 0 saturated carbocycles. The van der Waals surface area contributed by atoms with E-state index in [1.165, 1.54) is 0 Å². The van der Waals surface area contributed by atoms with Gasteiger partial charge < -0.3 is 4.74 Å². The lowest BCUT2D eigenvalue weighted by atomic mass is 10.3. The topological polar surface area (TPSA) is 35.0 Å². The molecule has 0 radical (unpaired) electrons. The molecule has 0 fully saturated rings. The normalized spacial score (nSPS) is 10.0. The largest absolute Gasteiger partial charge is 0.439 e. The van der Waals surface area contributed by atoms with Gasteiger partial charge in [0.25, 0.3) is 0 Å². The van der Waals surface area contributed by atoms with Crippen molar-refractivity contribution in [3.8, 4) is 11.6 Å². The Morgan fingerprint density at radius 1 is 1.20 bits per heavy atom. The SMILES string of the molecule is Fc1cc(Oc2cccc(I)c2)ncn1. The van der Waals surface area contributed by atoms with Gasteiger partial charge in [0.05, 0.1) is 6.07 Å². The Balaban J connectivity index is 2.22. The Hall–Kier alpha value is -1.24. The molecule has 0 unspecified atom stereocenters. The fourth-order valence-corrected chi connectivity index (χ4v) is 1.54. The summed E-state index contributed by atoms with van der Waals surface area (Å²) in [7, 11) is 0. The summed E-state index contributed by atoms with van der Waals surface area (Å²) in [6.45, 7) is 0. The number of hydrogen-bond acceptors (Lipinski definition) is 3. The van der Waals surface area contributed by atoms with E-state index in [2.05, 4.69) is 32.6 Å². The van der Waals surface area contributed by atoms with Crippen LogP contribution in [0.15, 0.2) is 36.7 Å². The highest BCUT2D eigenvalue weighted by Crippen LogP contribution is 2.20. The maximum Gasteiger partial charge on any atom is 0.225 e. The van der Waals surface area contributed by atoms with Crippen LogP contribution in [0, 0.1) is 9.52 Å². The summed E-state index contributed by atoms with van der Waals surface area (Å²) in [6.07, 6.45) is 1.12. The van der Waals surface area contributed by atoms with Crippen LogP contribution in [0.25, 0.3) is 0 Å². The van der Waals surface area contributed by atoms with E-state index in [0.717, 1.165) is 16.0 Å². The van der Waals surface area contributed by atoms with E-state index in [4.69, 9.17) is 4.74 Å². The highest BCUT2D eigenvalue weighted by molar-refractivity contribution is 14.1. The molecule has 0 amide bonds. The van der Waals surface area contributed by atoms with Crippen molar-refractivity contribution in [2.45, 2.75) is 0 Å². The summed E-state index contributed by atoms with van der Waals surface area (Å²) in [5, 5.41) is 0. The van der Waals surface area contributed by atoms with Crippen LogP contribution < -0.4 is 4.74 Å². The number of nitrogens with zero attached hydrogens (tertiary/aromatic N) is 2. The molecule has 1 heterocycles. The molecular weight excluding hydrogens is 310 g/mol. The lowest BCUT2D eigenvalue weighted by Gasteiger charge is -2.03. The molecule has 0 aliphatic rings. The summed E-state index contributed by atoms with van der Waals surface area (Å²) in [6, 6.07) is 8.55. The minimum atomic E-state index is -0.606. The molecule has 0 aliphatic heterocycles. The maximum absolute atomic E-state index is 12.7. The van der Waals surface area contributed by atoms with Crippen LogP contribution in [-0.2, 0) is 0 Å². The molecule has 1 aromatic heterocycles. The first kappa shape index (κ1) is 10.3. The minimum Gasteiger partial charge on any atom is -0.439 e. The van der Waals surface area contributed by atoms with Crippen molar-refractivity contribution in [1.29, 1.82) is 0 Å². The van der Waals surface area contributed by atoms with Crippen molar-refractivity contribution in [1.82, 2.24) is 9.97 Å². The Morgan fingerprint density at radius 3 is 2.80 bits per heavy atom. The van der Waals surface area contributed by atoms with Crippen LogP contribution in [0.4, 0.5) is 4.39 Å². The maximum atomic E-state index is 12.7. The molecule has 0 atom stereocenters. The summed E-state index contributed by atoms with van der Waals surface area (Å²) < 4.78 is 19.1. The minimum absolute atomic E-state index is 0.199. The van der Waals surface area contributed by atoms with Crippen molar-refractivity contribution in [2.75, 3.05) is 0 Å². The van der Waals surface area contributed by atoms with Crippen LogP contribution >= 0.6 is 22.6 Å². The van der Waals surface area contributed by atoms with Crippen molar-refractivity contribution in [3.63, 3.8) is 0 Å². The first-order valence-corrected chi connectivity index (χ1v) is 5.23. The molecule has 15 heavy (non-hydrogen) atoms. The second kappa shape index (κ2) is 4.52. The number of hydrogen-bond donors (Lipinski definition) is 0. The lowest BCUT2D eigenvalue weighted by molar-refractivity contribution is 0.450. The van der Waals surface area contributed by atoms with Gasteiger partial charge in [-0.25, -0.2) is 9.97 Å². The van der Waals surface area contributed by atoms with Crippen molar-refractivity contribution >= 4 is 22.6 Å². The van der Waals surface area contributed by atoms with E-state index in [1.54, 1.807) is 6.07 Å². The lowest BCUT2D eigenvalue weighted by Crippen LogP contribution is -1.91. The van der Waals surface area contributed by atoms with Crippen LogP contribution in [0.2, 0.25) is 0 Å². The Morgan fingerprint density at radius 2 is 2.07 bits per heavy atom. The van der Waals surface area contributed by atoms with E-state index < -0.39 is 5.95 Å². The molecule has 0 N–H and O–H groups in total. The first-order chi connectivity index (χ1) is 7.24. The zero-order valence-corrected chi connectivity index (χ0v) is 9.68. The van der Waals surface area contributed by atoms with E-state index in [1.807, 2.05) is 18.2 Å². The molecule has 0 spiro atoms. The number of aromatic nitrogens is 2. The molecule has 0 aliphatic carbocycles. The average molecular weight is 316 g/mol. The molecule has 2 rings (SSSR count). The summed E-state index contributed by atoms with van der Waals surface area (Å²) in [5.74, 6) is 0.218. The van der Waals surface area contributed by atoms with E-state index in [9.17, 15) is 4.39 Å². The number of halogens is 2. The van der Waals surface area contributed by atoms with E-state index in [-0.39, 0.29) is 5.88 Å². The Labute approximate surface area is 99.5 Å². The third kappa shape index (κ3) is 2.85. The van der Waals surface area contributed by atoms with Gasteiger partial charge in [0.15, 0.2) is 0 Å². The summed E-state index contributed by atoms with van der Waals surface area (Å²) in [5.41, 5.74) is 0. The quantitative estimate of drug-likeness (QED) is 0.631. The predicted molar refractivity (Wildman–Crippen MR) is 61.2 cm³/mol. The van der Waals surface area contributed by atoms with Crippen LogP contribution in [0.3, 0.4) is 0 Å². The molecular formula is C10H6FIN2O. The number of rotatable bonds is 2. The third-order valence-corrected chi connectivity index (χ3v) is 2.30. The molecule has 0 saturated heterocycles. The van der Waals surface area contributed by atoms with Gasteiger partial charge in [-0.15, -0.1) is 0 Å². The smallest absolute Gasteiger partial charge is 0.225 e. The van der Waals surface area contributed by atoms with Crippen LogP contribution in [0.5, 0.6) is 11.6 Å². The fraction of sp³-hybridized carbons (Fsp3) is 0. The zero-order chi connectivity index (χ0) is 10.7. The number of benzene rings is 1. The second-order valence-electron chi connectivity index (χ2n) is 2.74. The van der Waals surface area contributed by atoms with Crippen molar-refractivity contribution in [3.05, 3.63) is 46.2 Å². The van der Waals surface area contributed by atoms with E-state index in [0.29, 0.717) is 5.75 Å². The van der Waals surface area contributed by atoms with Gasteiger partial charge in [-0.05, 0) is 40.8 Å². The monoisotopic (exact) mass is 316 g/mol. The van der Waals surface area contributed by atoms with Crippen molar-refractivity contribution in [2.24, 2.45) is 0 Å². The van der Waals surface area contributed by atoms with Gasteiger partial charge in [0.2, 0.25) is 11.8 Å². The standard InChI is InChI=1S/C10H6FIN2O/c11-9-5-10(14-6-13-9)15-8-3-1-2-7(12)4-8/h1-6H.